The Morgan fingerprint density at radius 3 is 2.60 bits per heavy atom. The Morgan fingerprint density at radius 2 is 1.96 bits per heavy atom. The maximum Gasteiger partial charge on any atom is 0.268 e. The lowest BCUT2D eigenvalue weighted by atomic mass is 9.98. The zero-order valence-corrected chi connectivity index (χ0v) is 15.0. The molecule has 0 saturated carbocycles. The van der Waals surface area contributed by atoms with Crippen LogP contribution in [-0.2, 0) is 9.53 Å². The van der Waals surface area contributed by atoms with E-state index in [-0.39, 0.29) is 17.7 Å². The molecule has 1 saturated heterocycles. The van der Waals surface area contributed by atoms with E-state index < -0.39 is 6.04 Å². The van der Waals surface area contributed by atoms with Crippen LogP contribution in [0.1, 0.15) is 30.6 Å². The van der Waals surface area contributed by atoms with Crippen LogP contribution in [0.3, 0.4) is 0 Å². The smallest absolute Gasteiger partial charge is 0.268 e. The molecule has 25 heavy (non-hydrogen) atoms. The summed E-state index contributed by atoms with van der Waals surface area (Å²) in [6.07, 6.45) is 2.42. The lowest BCUT2D eigenvalue weighted by molar-refractivity contribution is -0.120. The third-order valence-electron chi connectivity index (χ3n) is 4.46. The largest absolute Gasteiger partial charge is 0.379 e. The van der Waals surface area contributed by atoms with Crippen molar-refractivity contribution in [3.05, 3.63) is 35.9 Å². The molecule has 2 atom stereocenters. The average molecular weight is 345 g/mol. The molecular formula is C19H27N3O3. The van der Waals surface area contributed by atoms with E-state index in [4.69, 9.17) is 4.74 Å². The Hall–Kier alpha value is -2.05. The summed E-state index contributed by atoms with van der Waals surface area (Å²) in [6.45, 7) is 7.69. The lowest BCUT2D eigenvalue weighted by Gasteiger charge is -2.25. The molecule has 6 heteroatoms. The first-order chi connectivity index (χ1) is 12.1. The molecule has 0 aromatic heterocycles. The Bertz CT molecular complexity index is 583. The highest BCUT2D eigenvalue weighted by atomic mass is 16.5. The van der Waals surface area contributed by atoms with Gasteiger partial charge in [0.25, 0.3) is 11.8 Å². The fraction of sp³-hybridized carbons (Fsp3) is 0.526. The van der Waals surface area contributed by atoms with Crippen molar-refractivity contribution in [2.45, 2.75) is 26.3 Å². The Kier molecular flexibility index (Phi) is 7.76. The number of hydrogen-bond donors (Lipinski definition) is 1. The van der Waals surface area contributed by atoms with Crippen molar-refractivity contribution in [2.24, 2.45) is 10.9 Å². The molecule has 1 aromatic carbocycles. The highest BCUT2D eigenvalue weighted by Crippen LogP contribution is 2.11. The lowest BCUT2D eigenvalue weighted by Crippen LogP contribution is -2.44. The number of amides is 2. The summed E-state index contributed by atoms with van der Waals surface area (Å²) in [4.78, 5) is 31.1. The summed E-state index contributed by atoms with van der Waals surface area (Å²) in [7, 11) is 0. The van der Waals surface area contributed by atoms with E-state index in [0.29, 0.717) is 25.3 Å². The summed E-state index contributed by atoms with van der Waals surface area (Å²) in [6, 6.07) is 8.30. The van der Waals surface area contributed by atoms with E-state index >= 15 is 0 Å². The first-order valence-corrected chi connectivity index (χ1v) is 8.84. The molecule has 2 rings (SSSR count). The molecular weight excluding hydrogens is 318 g/mol. The van der Waals surface area contributed by atoms with Gasteiger partial charge < -0.3 is 10.1 Å². The molecule has 1 aliphatic rings. The van der Waals surface area contributed by atoms with E-state index in [9.17, 15) is 9.59 Å². The van der Waals surface area contributed by atoms with Crippen LogP contribution in [0.5, 0.6) is 0 Å². The summed E-state index contributed by atoms with van der Waals surface area (Å²) < 4.78 is 5.30. The summed E-state index contributed by atoms with van der Waals surface area (Å²) in [5, 5.41) is 2.84. The van der Waals surface area contributed by atoms with Gasteiger partial charge in [-0.3, -0.25) is 14.5 Å². The fourth-order valence-electron chi connectivity index (χ4n) is 2.61. The number of carbonyl (C=O) groups is 2. The minimum absolute atomic E-state index is 0.0145. The van der Waals surface area contributed by atoms with Gasteiger partial charge in [0, 0.05) is 31.4 Å². The number of ether oxygens (including phenoxy) is 1. The number of carbonyl (C=O) groups excluding carboxylic acids is 2. The standard InChI is InChI=1S/C19H27N3O3/c1-3-15(2)17(21-18(23)16-7-5-4-6-8-16)19(24)20-9-10-22-11-13-25-14-12-22/h4-9,15,17H,3,10-14H2,1-2H3,(H,21,23). The van der Waals surface area contributed by atoms with Crippen molar-refractivity contribution < 1.29 is 14.3 Å². The van der Waals surface area contributed by atoms with Crippen LogP contribution in [0.15, 0.2) is 35.3 Å². The molecule has 6 nitrogen and oxygen atoms in total. The Balaban J connectivity index is 1.95. The second-order valence-electron chi connectivity index (χ2n) is 6.27. The normalized spacial score (nSPS) is 18.0. The molecule has 1 aromatic rings. The van der Waals surface area contributed by atoms with Gasteiger partial charge in [0.15, 0.2) is 0 Å². The van der Waals surface area contributed by atoms with Gasteiger partial charge in [0.1, 0.15) is 6.04 Å². The molecule has 1 heterocycles. The maximum absolute atomic E-state index is 12.5. The van der Waals surface area contributed by atoms with Crippen LogP contribution in [0, 0.1) is 5.92 Å². The number of morpholine rings is 1. The molecule has 1 N–H and O–H groups in total. The molecule has 2 unspecified atom stereocenters. The van der Waals surface area contributed by atoms with E-state index in [1.54, 1.807) is 30.5 Å². The number of aliphatic imine (C=N–C) groups is 1. The number of rotatable bonds is 7. The second kappa shape index (κ2) is 10.1. The number of nitrogens with one attached hydrogen (secondary N) is 1. The van der Waals surface area contributed by atoms with Crippen molar-refractivity contribution in [1.29, 1.82) is 0 Å². The predicted molar refractivity (Wildman–Crippen MR) is 97.9 cm³/mol. The number of nitrogens with zero attached hydrogens (tertiary/aromatic N) is 2. The first kappa shape index (κ1) is 19.3. The van der Waals surface area contributed by atoms with Crippen LogP contribution in [-0.4, -0.2) is 61.8 Å². The topological polar surface area (TPSA) is 71.0 Å². The van der Waals surface area contributed by atoms with Crippen LogP contribution >= 0.6 is 0 Å². The van der Waals surface area contributed by atoms with Crippen LogP contribution in [0.2, 0.25) is 0 Å². The van der Waals surface area contributed by atoms with Gasteiger partial charge in [-0.25, -0.2) is 4.99 Å². The third kappa shape index (κ3) is 6.07. The fourth-order valence-corrected chi connectivity index (χ4v) is 2.61. The van der Waals surface area contributed by atoms with Gasteiger partial charge >= 0.3 is 0 Å². The van der Waals surface area contributed by atoms with Crippen LogP contribution in [0.4, 0.5) is 0 Å². The average Bonchev–Trinajstić information content (AvgIpc) is 2.66. The van der Waals surface area contributed by atoms with E-state index in [0.717, 1.165) is 19.5 Å². The third-order valence-corrected chi connectivity index (χ3v) is 4.46. The van der Waals surface area contributed by atoms with Gasteiger partial charge in [0.2, 0.25) is 0 Å². The molecule has 0 aliphatic carbocycles. The quantitative estimate of drug-likeness (QED) is 0.765. The Morgan fingerprint density at radius 1 is 1.28 bits per heavy atom. The van der Waals surface area contributed by atoms with Gasteiger partial charge in [-0.1, -0.05) is 38.5 Å². The van der Waals surface area contributed by atoms with Crippen molar-refractivity contribution in [1.82, 2.24) is 10.2 Å². The highest BCUT2D eigenvalue weighted by Gasteiger charge is 2.25. The highest BCUT2D eigenvalue weighted by molar-refractivity contribution is 5.98. The molecule has 136 valence electrons. The first-order valence-electron chi connectivity index (χ1n) is 8.84. The van der Waals surface area contributed by atoms with Gasteiger partial charge in [0.05, 0.1) is 13.2 Å². The van der Waals surface area contributed by atoms with Crippen molar-refractivity contribution in [3.8, 4) is 0 Å². The van der Waals surface area contributed by atoms with Crippen molar-refractivity contribution >= 4 is 18.0 Å². The van der Waals surface area contributed by atoms with E-state index in [1.165, 1.54) is 0 Å². The predicted octanol–water partition coefficient (Wildman–Crippen LogP) is 1.76. The molecule has 0 spiro atoms. The zero-order valence-electron chi connectivity index (χ0n) is 15.0. The van der Waals surface area contributed by atoms with E-state index in [1.807, 2.05) is 19.9 Å². The molecule has 0 radical (unpaired) electrons. The van der Waals surface area contributed by atoms with Crippen LogP contribution in [0.25, 0.3) is 0 Å². The van der Waals surface area contributed by atoms with Gasteiger partial charge in [-0.15, -0.1) is 0 Å². The van der Waals surface area contributed by atoms with Crippen molar-refractivity contribution in [3.63, 3.8) is 0 Å². The Labute approximate surface area is 149 Å². The monoisotopic (exact) mass is 345 g/mol. The second-order valence-corrected chi connectivity index (χ2v) is 6.27. The maximum atomic E-state index is 12.5. The van der Waals surface area contributed by atoms with Crippen LogP contribution < -0.4 is 5.32 Å². The molecule has 1 fully saturated rings. The molecule has 2 amide bonds. The van der Waals surface area contributed by atoms with Crippen molar-refractivity contribution in [2.75, 3.05) is 32.8 Å². The number of benzene rings is 1. The number of hydrogen-bond acceptors (Lipinski definition) is 4. The van der Waals surface area contributed by atoms with Gasteiger partial charge in [-0.2, -0.15) is 0 Å². The SMILES string of the molecule is CCC(C)C(NC(=O)c1ccccc1)C(=O)N=CCN1CCOCC1. The summed E-state index contributed by atoms with van der Waals surface area (Å²) in [5.74, 6) is -0.532. The summed E-state index contributed by atoms with van der Waals surface area (Å²) in [5.41, 5.74) is 0.542. The minimum atomic E-state index is -0.612. The molecule has 1 aliphatic heterocycles. The van der Waals surface area contributed by atoms with E-state index in [2.05, 4.69) is 15.2 Å². The van der Waals surface area contributed by atoms with Gasteiger partial charge in [-0.05, 0) is 18.1 Å². The minimum Gasteiger partial charge on any atom is -0.379 e. The zero-order chi connectivity index (χ0) is 18.1. The molecule has 0 bridgehead atoms. The summed E-state index contributed by atoms with van der Waals surface area (Å²) >= 11 is 0.